The largest absolute Gasteiger partial charge is 0.496 e. The summed E-state index contributed by atoms with van der Waals surface area (Å²) in [7, 11) is 1.66. The summed E-state index contributed by atoms with van der Waals surface area (Å²) in [5.41, 5.74) is 7.05. The number of rotatable bonds is 4. The van der Waals surface area contributed by atoms with Gasteiger partial charge in [-0.3, -0.25) is 5.84 Å². The molecule has 2 aromatic rings. The SMILES string of the molecule is COc1cc(C)cc(C)c1C(NN)c1ccccc1Cl. The average Bonchev–Trinajstić information content (AvgIpc) is 2.43. The highest BCUT2D eigenvalue weighted by Gasteiger charge is 2.21. The Labute approximate surface area is 124 Å². The number of hydrazine groups is 1. The van der Waals surface area contributed by atoms with Crippen molar-refractivity contribution in [2.24, 2.45) is 5.84 Å². The second kappa shape index (κ2) is 6.27. The molecule has 0 fully saturated rings. The lowest BCUT2D eigenvalue weighted by Crippen LogP contribution is -2.30. The molecule has 0 heterocycles. The second-order valence-electron chi connectivity index (χ2n) is 4.82. The predicted octanol–water partition coefficient (Wildman–Crippen LogP) is 3.52. The van der Waals surface area contributed by atoms with Crippen LogP contribution in [0, 0.1) is 13.8 Å². The van der Waals surface area contributed by atoms with Crippen LogP contribution in [0.2, 0.25) is 5.02 Å². The van der Waals surface area contributed by atoms with E-state index in [1.165, 1.54) is 0 Å². The molecule has 0 aliphatic heterocycles. The minimum absolute atomic E-state index is 0.209. The van der Waals surface area contributed by atoms with Gasteiger partial charge in [0, 0.05) is 10.6 Å². The number of nitrogens with two attached hydrogens (primary N) is 1. The van der Waals surface area contributed by atoms with Gasteiger partial charge in [0.05, 0.1) is 13.2 Å². The fourth-order valence-electron chi connectivity index (χ4n) is 2.52. The van der Waals surface area contributed by atoms with Gasteiger partial charge in [0.1, 0.15) is 5.75 Å². The van der Waals surface area contributed by atoms with E-state index in [2.05, 4.69) is 11.5 Å². The van der Waals surface area contributed by atoms with Gasteiger partial charge in [-0.1, -0.05) is 35.9 Å². The number of aryl methyl sites for hydroxylation is 2. The Morgan fingerprint density at radius 3 is 2.50 bits per heavy atom. The molecule has 3 N–H and O–H groups in total. The molecule has 0 bridgehead atoms. The van der Waals surface area contributed by atoms with Crippen LogP contribution in [0.5, 0.6) is 5.75 Å². The first kappa shape index (κ1) is 14.9. The van der Waals surface area contributed by atoms with Crippen LogP contribution in [-0.4, -0.2) is 7.11 Å². The number of hydrogen-bond donors (Lipinski definition) is 2. The van der Waals surface area contributed by atoms with E-state index in [1.807, 2.05) is 44.2 Å². The van der Waals surface area contributed by atoms with Crippen molar-refractivity contribution >= 4 is 11.6 Å². The third-order valence-electron chi connectivity index (χ3n) is 3.38. The zero-order valence-corrected chi connectivity index (χ0v) is 12.7. The lowest BCUT2D eigenvalue weighted by Gasteiger charge is -2.23. The van der Waals surface area contributed by atoms with Crippen molar-refractivity contribution in [2.45, 2.75) is 19.9 Å². The second-order valence-corrected chi connectivity index (χ2v) is 5.23. The highest BCUT2D eigenvalue weighted by atomic mass is 35.5. The van der Waals surface area contributed by atoms with E-state index >= 15 is 0 Å². The van der Waals surface area contributed by atoms with Crippen LogP contribution in [-0.2, 0) is 0 Å². The first-order valence-electron chi connectivity index (χ1n) is 6.44. The summed E-state index contributed by atoms with van der Waals surface area (Å²) in [5.74, 6) is 6.58. The van der Waals surface area contributed by atoms with Gasteiger partial charge >= 0.3 is 0 Å². The van der Waals surface area contributed by atoms with E-state index in [0.29, 0.717) is 5.02 Å². The molecule has 4 heteroatoms. The molecule has 2 rings (SSSR count). The monoisotopic (exact) mass is 290 g/mol. The molecule has 0 aliphatic carbocycles. The van der Waals surface area contributed by atoms with Gasteiger partial charge in [0.2, 0.25) is 0 Å². The zero-order chi connectivity index (χ0) is 14.7. The van der Waals surface area contributed by atoms with E-state index in [-0.39, 0.29) is 6.04 Å². The zero-order valence-electron chi connectivity index (χ0n) is 11.9. The van der Waals surface area contributed by atoms with Crippen molar-refractivity contribution < 1.29 is 4.74 Å². The van der Waals surface area contributed by atoms with E-state index in [1.54, 1.807) is 7.11 Å². The van der Waals surface area contributed by atoms with Gasteiger partial charge in [0.25, 0.3) is 0 Å². The van der Waals surface area contributed by atoms with Crippen molar-refractivity contribution in [3.05, 3.63) is 63.7 Å². The van der Waals surface area contributed by atoms with Crippen molar-refractivity contribution in [2.75, 3.05) is 7.11 Å². The predicted molar refractivity (Wildman–Crippen MR) is 83.1 cm³/mol. The highest BCUT2D eigenvalue weighted by Crippen LogP contribution is 2.35. The number of hydrogen-bond acceptors (Lipinski definition) is 3. The number of nitrogens with one attached hydrogen (secondary N) is 1. The summed E-state index contributed by atoms with van der Waals surface area (Å²) < 4.78 is 5.51. The number of benzene rings is 2. The van der Waals surface area contributed by atoms with E-state index in [4.69, 9.17) is 22.2 Å². The molecule has 3 nitrogen and oxygen atoms in total. The van der Waals surface area contributed by atoms with Crippen molar-refractivity contribution in [3.63, 3.8) is 0 Å². The maximum atomic E-state index is 6.29. The topological polar surface area (TPSA) is 47.3 Å². The Kier molecular flexibility index (Phi) is 4.65. The van der Waals surface area contributed by atoms with E-state index in [9.17, 15) is 0 Å². The van der Waals surface area contributed by atoms with Gasteiger partial charge < -0.3 is 4.74 Å². The van der Waals surface area contributed by atoms with Crippen molar-refractivity contribution in [1.29, 1.82) is 0 Å². The first-order chi connectivity index (χ1) is 9.58. The summed E-state index contributed by atoms with van der Waals surface area (Å²) in [4.78, 5) is 0. The number of methoxy groups -OCH3 is 1. The molecule has 0 aliphatic rings. The van der Waals surface area contributed by atoms with Crippen LogP contribution in [0.1, 0.15) is 28.3 Å². The smallest absolute Gasteiger partial charge is 0.124 e. The molecule has 1 atom stereocenters. The summed E-state index contributed by atoms with van der Waals surface area (Å²) >= 11 is 6.29. The molecule has 20 heavy (non-hydrogen) atoms. The van der Waals surface area contributed by atoms with E-state index in [0.717, 1.165) is 28.0 Å². The molecular weight excluding hydrogens is 272 g/mol. The van der Waals surface area contributed by atoms with Gasteiger partial charge in [-0.15, -0.1) is 0 Å². The Morgan fingerprint density at radius 2 is 1.90 bits per heavy atom. The van der Waals surface area contributed by atoms with Crippen molar-refractivity contribution in [3.8, 4) is 5.75 Å². The number of ether oxygens (including phenoxy) is 1. The molecule has 106 valence electrons. The Hall–Kier alpha value is -1.55. The molecule has 0 spiro atoms. The Morgan fingerprint density at radius 1 is 1.20 bits per heavy atom. The Balaban J connectivity index is 2.61. The molecule has 0 amide bonds. The van der Waals surface area contributed by atoms with Crippen LogP contribution in [0.15, 0.2) is 36.4 Å². The maximum Gasteiger partial charge on any atom is 0.124 e. The average molecular weight is 291 g/mol. The first-order valence-corrected chi connectivity index (χ1v) is 6.82. The fraction of sp³-hybridized carbons (Fsp3) is 0.250. The third-order valence-corrected chi connectivity index (χ3v) is 3.73. The molecule has 0 saturated heterocycles. The summed E-state index contributed by atoms with van der Waals surface area (Å²) in [6, 6.07) is 11.6. The summed E-state index contributed by atoms with van der Waals surface area (Å²) in [5, 5.41) is 0.678. The third kappa shape index (κ3) is 2.80. The van der Waals surface area contributed by atoms with Crippen LogP contribution < -0.4 is 16.0 Å². The lowest BCUT2D eigenvalue weighted by molar-refractivity contribution is 0.403. The molecule has 0 saturated carbocycles. The minimum atomic E-state index is -0.209. The minimum Gasteiger partial charge on any atom is -0.496 e. The number of halogens is 1. The van der Waals surface area contributed by atoms with Gasteiger partial charge in [-0.05, 0) is 42.7 Å². The van der Waals surface area contributed by atoms with Gasteiger partial charge in [0.15, 0.2) is 0 Å². The fourth-order valence-corrected chi connectivity index (χ4v) is 2.76. The molecular formula is C16H19ClN2O. The summed E-state index contributed by atoms with van der Waals surface area (Å²) in [6.45, 7) is 4.09. The maximum absolute atomic E-state index is 6.29. The quantitative estimate of drug-likeness (QED) is 0.669. The van der Waals surface area contributed by atoms with Crippen LogP contribution in [0.3, 0.4) is 0 Å². The van der Waals surface area contributed by atoms with Gasteiger partial charge in [-0.2, -0.15) is 0 Å². The van der Waals surface area contributed by atoms with Crippen LogP contribution in [0.25, 0.3) is 0 Å². The lowest BCUT2D eigenvalue weighted by atomic mass is 9.93. The Bertz CT molecular complexity index is 613. The molecule has 1 unspecified atom stereocenters. The summed E-state index contributed by atoms with van der Waals surface area (Å²) in [6.07, 6.45) is 0. The van der Waals surface area contributed by atoms with Crippen molar-refractivity contribution in [1.82, 2.24) is 5.43 Å². The van der Waals surface area contributed by atoms with Gasteiger partial charge in [-0.25, -0.2) is 5.43 Å². The standard InChI is InChI=1S/C16H19ClN2O/c1-10-8-11(2)15(14(9-10)20-3)16(19-18)12-6-4-5-7-13(12)17/h4-9,16,19H,18H2,1-3H3. The molecule has 0 aromatic heterocycles. The van der Waals surface area contributed by atoms with Crippen LogP contribution in [0.4, 0.5) is 0 Å². The highest BCUT2D eigenvalue weighted by molar-refractivity contribution is 6.31. The van der Waals surface area contributed by atoms with E-state index < -0.39 is 0 Å². The van der Waals surface area contributed by atoms with Crippen LogP contribution >= 0.6 is 11.6 Å². The molecule has 2 aromatic carbocycles. The molecule has 0 radical (unpaired) electrons. The normalized spacial score (nSPS) is 12.2.